The third-order valence-electron chi connectivity index (χ3n) is 5.96. The molecule has 5 nitrogen and oxygen atoms in total. The lowest BCUT2D eigenvalue weighted by Crippen LogP contribution is -2.38. The minimum absolute atomic E-state index is 0.176. The molecule has 0 fully saturated rings. The zero-order valence-electron chi connectivity index (χ0n) is 18.6. The summed E-state index contributed by atoms with van der Waals surface area (Å²) in [7, 11) is 0. The van der Waals surface area contributed by atoms with E-state index in [0.29, 0.717) is 41.1 Å². The second-order valence-electron chi connectivity index (χ2n) is 7.72. The molecular weight excluding hydrogens is 438 g/mol. The number of hydrogen-bond acceptors (Lipinski definition) is 3. The van der Waals surface area contributed by atoms with E-state index in [2.05, 4.69) is 0 Å². The number of hydrogen-bond donors (Lipinski definition) is 1. The van der Waals surface area contributed by atoms with E-state index in [9.17, 15) is 19.5 Å². The molecular formula is C27H26ClNO4. The summed E-state index contributed by atoms with van der Waals surface area (Å²) < 4.78 is 0. The number of amides is 1. The summed E-state index contributed by atoms with van der Waals surface area (Å²) in [5, 5.41) is 11.0. The number of aldehydes is 1. The molecule has 170 valence electrons. The van der Waals surface area contributed by atoms with Crippen molar-refractivity contribution in [2.45, 2.75) is 25.7 Å². The number of nitrogens with zero attached hydrogens (tertiary/aromatic N) is 1. The lowest BCUT2D eigenvalue weighted by atomic mass is 9.71. The Morgan fingerprint density at radius 3 is 2.00 bits per heavy atom. The molecule has 1 N–H and O–H groups in total. The molecule has 0 saturated carbocycles. The van der Waals surface area contributed by atoms with Crippen LogP contribution in [0.2, 0.25) is 5.02 Å². The van der Waals surface area contributed by atoms with Gasteiger partial charge in [0.1, 0.15) is 11.7 Å². The van der Waals surface area contributed by atoms with Gasteiger partial charge in [-0.1, -0.05) is 60.1 Å². The van der Waals surface area contributed by atoms with Crippen LogP contribution in [0.5, 0.6) is 0 Å². The van der Waals surface area contributed by atoms with Crippen molar-refractivity contribution in [1.29, 1.82) is 0 Å². The van der Waals surface area contributed by atoms with Crippen LogP contribution in [0.1, 0.15) is 41.8 Å². The molecule has 0 spiro atoms. The van der Waals surface area contributed by atoms with Gasteiger partial charge in [0.25, 0.3) is 5.91 Å². The molecule has 6 heteroatoms. The van der Waals surface area contributed by atoms with E-state index >= 15 is 0 Å². The molecule has 3 aromatic carbocycles. The molecule has 3 aromatic rings. The van der Waals surface area contributed by atoms with Crippen LogP contribution in [0.3, 0.4) is 0 Å². The van der Waals surface area contributed by atoms with E-state index in [1.54, 1.807) is 53.4 Å². The molecule has 0 aliphatic carbocycles. The van der Waals surface area contributed by atoms with Crippen molar-refractivity contribution >= 4 is 29.8 Å². The maximum absolute atomic E-state index is 12.9. The van der Waals surface area contributed by atoms with Crippen LogP contribution in [0.15, 0.2) is 72.8 Å². The number of halogens is 1. The largest absolute Gasteiger partial charge is 0.480 e. The Morgan fingerprint density at radius 1 is 0.909 bits per heavy atom. The summed E-state index contributed by atoms with van der Waals surface area (Å²) in [6, 6.07) is 21.0. The normalized spacial score (nSPS) is 12.6. The molecule has 0 aromatic heterocycles. The zero-order valence-corrected chi connectivity index (χ0v) is 19.4. The third kappa shape index (κ3) is 4.83. The van der Waals surface area contributed by atoms with Crippen LogP contribution in [-0.2, 0) is 15.0 Å². The Hall–Kier alpha value is -3.44. The predicted molar refractivity (Wildman–Crippen MR) is 130 cm³/mol. The fourth-order valence-corrected chi connectivity index (χ4v) is 4.19. The van der Waals surface area contributed by atoms with Gasteiger partial charge in [-0.3, -0.25) is 9.59 Å². The maximum atomic E-state index is 12.9. The second kappa shape index (κ2) is 10.5. The summed E-state index contributed by atoms with van der Waals surface area (Å²) in [6.45, 7) is 4.87. The highest BCUT2D eigenvalue weighted by Gasteiger charge is 2.42. The van der Waals surface area contributed by atoms with Crippen molar-refractivity contribution in [3.05, 3.63) is 94.5 Å². The van der Waals surface area contributed by atoms with E-state index < -0.39 is 11.4 Å². The Bertz CT molecular complexity index is 1140. The number of carbonyl (C=O) groups is 3. The fraction of sp³-hybridized carbons (Fsp3) is 0.222. The van der Waals surface area contributed by atoms with Gasteiger partial charge in [-0.2, -0.15) is 0 Å². The van der Waals surface area contributed by atoms with Crippen LogP contribution in [-0.4, -0.2) is 41.3 Å². The average molecular weight is 464 g/mol. The Balaban J connectivity index is 2.10. The quantitative estimate of drug-likeness (QED) is 0.428. The predicted octanol–water partition coefficient (Wildman–Crippen LogP) is 5.45. The van der Waals surface area contributed by atoms with Gasteiger partial charge in [-0.05, 0) is 60.4 Å². The van der Waals surface area contributed by atoms with Gasteiger partial charge < -0.3 is 14.8 Å². The monoisotopic (exact) mass is 463 g/mol. The minimum atomic E-state index is -1.61. The first-order valence-corrected chi connectivity index (χ1v) is 11.2. The molecule has 0 saturated heterocycles. The van der Waals surface area contributed by atoms with Gasteiger partial charge >= 0.3 is 5.97 Å². The van der Waals surface area contributed by atoms with Crippen molar-refractivity contribution in [2.24, 2.45) is 0 Å². The standard InChI is InChI=1S/C27H26ClNO4/c1-3-29(4-2)25(31)21-6-5-7-23(18-21)27(16-17-30,26(32)33)22-12-8-19(9-13-22)20-10-14-24(28)15-11-20/h5-15,17-18H,3-4,16H2,1-2H3,(H,32,33)/t27-/m0/s1. The number of rotatable bonds is 9. The lowest BCUT2D eigenvalue weighted by molar-refractivity contribution is -0.143. The summed E-state index contributed by atoms with van der Waals surface area (Å²) in [5.41, 5.74) is 1.47. The van der Waals surface area contributed by atoms with E-state index in [0.717, 1.165) is 11.1 Å². The molecule has 0 heterocycles. The number of carboxylic acid groups (broad SMARTS) is 1. The first kappa shape index (κ1) is 24.2. The Kier molecular flexibility index (Phi) is 7.67. The second-order valence-corrected chi connectivity index (χ2v) is 8.16. The molecule has 1 amide bonds. The number of carbonyl (C=O) groups excluding carboxylic acids is 2. The van der Waals surface area contributed by atoms with E-state index in [-0.39, 0.29) is 12.3 Å². The smallest absolute Gasteiger partial charge is 0.319 e. The van der Waals surface area contributed by atoms with E-state index in [1.807, 2.05) is 38.1 Å². The Morgan fingerprint density at radius 2 is 1.48 bits per heavy atom. The molecule has 3 rings (SSSR count). The first-order chi connectivity index (χ1) is 15.9. The third-order valence-corrected chi connectivity index (χ3v) is 6.21. The highest BCUT2D eigenvalue weighted by molar-refractivity contribution is 6.30. The minimum Gasteiger partial charge on any atom is -0.480 e. The number of benzene rings is 3. The first-order valence-electron chi connectivity index (χ1n) is 10.8. The summed E-state index contributed by atoms with van der Waals surface area (Å²) >= 11 is 5.97. The molecule has 0 radical (unpaired) electrons. The topological polar surface area (TPSA) is 74.7 Å². The fourth-order valence-electron chi connectivity index (χ4n) is 4.06. The van der Waals surface area contributed by atoms with Crippen molar-refractivity contribution in [3.8, 4) is 11.1 Å². The summed E-state index contributed by atoms with van der Waals surface area (Å²) in [4.78, 5) is 38.9. The summed E-state index contributed by atoms with van der Waals surface area (Å²) in [5.74, 6) is -1.33. The van der Waals surface area contributed by atoms with E-state index in [4.69, 9.17) is 11.6 Å². The molecule has 0 bridgehead atoms. The highest BCUT2D eigenvalue weighted by Crippen LogP contribution is 2.37. The van der Waals surface area contributed by atoms with E-state index in [1.165, 1.54) is 0 Å². The molecule has 0 aliphatic heterocycles. The van der Waals surface area contributed by atoms with Gasteiger partial charge in [0.15, 0.2) is 0 Å². The average Bonchev–Trinajstić information content (AvgIpc) is 2.84. The van der Waals surface area contributed by atoms with Crippen LogP contribution in [0.25, 0.3) is 11.1 Å². The number of aliphatic carboxylic acids is 1. The van der Waals surface area contributed by atoms with Gasteiger partial charge in [-0.25, -0.2) is 0 Å². The van der Waals surface area contributed by atoms with Crippen LogP contribution in [0.4, 0.5) is 0 Å². The Labute approximate surface area is 198 Å². The van der Waals surface area contributed by atoms with Crippen LogP contribution >= 0.6 is 11.6 Å². The molecule has 0 unspecified atom stereocenters. The van der Waals surface area contributed by atoms with Crippen molar-refractivity contribution in [3.63, 3.8) is 0 Å². The van der Waals surface area contributed by atoms with Gasteiger partial charge in [0.2, 0.25) is 0 Å². The maximum Gasteiger partial charge on any atom is 0.319 e. The van der Waals surface area contributed by atoms with Gasteiger partial charge in [0.05, 0.1) is 0 Å². The van der Waals surface area contributed by atoms with Crippen LogP contribution < -0.4 is 0 Å². The molecule has 1 atom stereocenters. The summed E-state index contributed by atoms with van der Waals surface area (Å²) in [6.07, 6.45) is 0.353. The van der Waals surface area contributed by atoms with Crippen LogP contribution in [0, 0.1) is 0 Å². The van der Waals surface area contributed by atoms with Crippen molar-refractivity contribution in [2.75, 3.05) is 13.1 Å². The SMILES string of the molecule is CCN(CC)C(=O)c1cccc([C@@](CC=O)(C(=O)O)c2ccc(-c3ccc(Cl)cc3)cc2)c1. The lowest BCUT2D eigenvalue weighted by Gasteiger charge is -2.30. The highest BCUT2D eigenvalue weighted by atomic mass is 35.5. The van der Waals surface area contributed by atoms with Crippen molar-refractivity contribution in [1.82, 2.24) is 4.90 Å². The van der Waals surface area contributed by atoms with Gasteiger partial charge in [0, 0.05) is 30.1 Å². The molecule has 0 aliphatic rings. The van der Waals surface area contributed by atoms with Gasteiger partial charge in [-0.15, -0.1) is 0 Å². The zero-order chi connectivity index (χ0) is 24.0. The molecule has 33 heavy (non-hydrogen) atoms. The van der Waals surface area contributed by atoms with Crippen molar-refractivity contribution < 1.29 is 19.5 Å². The number of carboxylic acids is 1.